The van der Waals surface area contributed by atoms with E-state index in [0.717, 1.165) is 18.4 Å². The summed E-state index contributed by atoms with van der Waals surface area (Å²) >= 11 is 1.56. The second-order valence-corrected chi connectivity index (χ2v) is 9.78. The monoisotopic (exact) mass is 392 g/mol. The Morgan fingerprint density at radius 1 is 1.23 bits per heavy atom. The maximum absolute atomic E-state index is 12.3. The summed E-state index contributed by atoms with van der Waals surface area (Å²) < 4.78 is 26.9. The molecule has 1 atom stereocenters. The Morgan fingerprint density at radius 3 is 2.69 bits per heavy atom. The van der Waals surface area contributed by atoms with Crippen LogP contribution in [-0.2, 0) is 22.9 Å². The Bertz CT molecular complexity index is 886. The summed E-state index contributed by atoms with van der Waals surface area (Å²) in [5.41, 5.74) is 2.29. The fourth-order valence-corrected chi connectivity index (χ4v) is 5.22. The van der Waals surface area contributed by atoms with E-state index in [0.29, 0.717) is 10.8 Å². The zero-order valence-corrected chi connectivity index (χ0v) is 16.7. The molecule has 140 valence electrons. The van der Waals surface area contributed by atoms with Crippen molar-refractivity contribution >= 4 is 27.3 Å². The van der Waals surface area contributed by atoms with Crippen LogP contribution in [0.25, 0.3) is 0 Å². The minimum atomic E-state index is -3.55. The van der Waals surface area contributed by atoms with Gasteiger partial charge in [-0.3, -0.25) is 4.79 Å². The molecule has 1 aromatic carbocycles. The van der Waals surface area contributed by atoms with Gasteiger partial charge in [0.05, 0.1) is 9.77 Å². The van der Waals surface area contributed by atoms with Crippen molar-refractivity contribution in [3.8, 4) is 0 Å². The molecule has 2 N–H and O–H groups in total. The van der Waals surface area contributed by atoms with Gasteiger partial charge in [0, 0.05) is 18.0 Å². The molecular weight excluding hydrogens is 368 g/mol. The maximum atomic E-state index is 12.3. The molecule has 2 aromatic rings. The highest BCUT2D eigenvalue weighted by atomic mass is 32.2. The Hall–Kier alpha value is -1.70. The molecule has 0 saturated heterocycles. The third kappa shape index (κ3) is 4.52. The van der Waals surface area contributed by atoms with E-state index in [4.69, 9.17) is 0 Å². The van der Waals surface area contributed by atoms with Gasteiger partial charge in [0.2, 0.25) is 10.0 Å². The van der Waals surface area contributed by atoms with E-state index in [1.807, 2.05) is 13.0 Å². The Kier molecular flexibility index (Phi) is 5.79. The molecule has 0 saturated carbocycles. The summed E-state index contributed by atoms with van der Waals surface area (Å²) in [4.78, 5) is 14.6. The van der Waals surface area contributed by atoms with E-state index in [1.165, 1.54) is 16.9 Å². The summed E-state index contributed by atoms with van der Waals surface area (Å²) in [7, 11) is -3.55. The number of thiophene rings is 1. The zero-order chi connectivity index (χ0) is 18.7. The van der Waals surface area contributed by atoms with Crippen molar-refractivity contribution in [2.45, 2.75) is 38.0 Å². The van der Waals surface area contributed by atoms with Crippen molar-refractivity contribution in [2.24, 2.45) is 5.92 Å². The van der Waals surface area contributed by atoms with Gasteiger partial charge in [-0.25, -0.2) is 13.1 Å². The maximum Gasteiger partial charge on any atom is 0.261 e. The van der Waals surface area contributed by atoms with Crippen LogP contribution in [0.5, 0.6) is 0 Å². The first-order valence-corrected chi connectivity index (χ1v) is 11.1. The van der Waals surface area contributed by atoms with Crippen molar-refractivity contribution in [1.29, 1.82) is 0 Å². The van der Waals surface area contributed by atoms with Gasteiger partial charge in [0.25, 0.3) is 5.91 Å². The average molecular weight is 393 g/mol. The molecule has 1 aliphatic carbocycles. The van der Waals surface area contributed by atoms with E-state index in [9.17, 15) is 13.2 Å². The van der Waals surface area contributed by atoms with Gasteiger partial charge >= 0.3 is 0 Å². The van der Waals surface area contributed by atoms with Gasteiger partial charge < -0.3 is 5.32 Å². The third-order valence-corrected chi connectivity index (χ3v) is 7.30. The highest BCUT2D eigenvalue weighted by molar-refractivity contribution is 7.89. The minimum absolute atomic E-state index is 0.133. The van der Waals surface area contributed by atoms with Crippen molar-refractivity contribution in [2.75, 3.05) is 13.1 Å². The van der Waals surface area contributed by atoms with Crippen LogP contribution >= 0.6 is 11.3 Å². The first-order valence-electron chi connectivity index (χ1n) is 8.81. The number of carbonyl (C=O) groups excluding carboxylic acids is 1. The fraction of sp³-hybridized carbons (Fsp3) is 0.421. The molecule has 0 spiro atoms. The van der Waals surface area contributed by atoms with Gasteiger partial charge in [-0.05, 0) is 55.9 Å². The van der Waals surface area contributed by atoms with Crippen LogP contribution in [0.1, 0.15) is 39.0 Å². The minimum Gasteiger partial charge on any atom is -0.350 e. The van der Waals surface area contributed by atoms with Crippen molar-refractivity contribution < 1.29 is 13.2 Å². The Labute approximate surface area is 158 Å². The number of hydrogen-bond donors (Lipinski definition) is 2. The van der Waals surface area contributed by atoms with Gasteiger partial charge in [-0.1, -0.05) is 24.6 Å². The van der Waals surface area contributed by atoms with Gasteiger partial charge in [-0.15, -0.1) is 11.3 Å². The molecule has 0 fully saturated rings. The smallest absolute Gasteiger partial charge is 0.261 e. The largest absolute Gasteiger partial charge is 0.350 e. The summed E-state index contributed by atoms with van der Waals surface area (Å²) in [6.07, 6.45) is 3.26. The third-order valence-electron chi connectivity index (χ3n) is 4.59. The van der Waals surface area contributed by atoms with Crippen molar-refractivity contribution in [3.05, 3.63) is 51.2 Å². The average Bonchev–Trinajstić information content (AvgIpc) is 3.02. The standard InChI is InChI=1S/C19H24N2O3S2/c1-13-3-6-16(7-4-13)26(23,24)21-10-9-20-19(22)18-12-15-11-14(2)5-8-17(15)25-18/h3-4,6-7,12,14,21H,5,8-11H2,1-2H3,(H,20,22). The second kappa shape index (κ2) is 7.90. The summed E-state index contributed by atoms with van der Waals surface area (Å²) in [6.45, 7) is 4.55. The zero-order valence-electron chi connectivity index (χ0n) is 15.0. The van der Waals surface area contributed by atoms with Crippen LogP contribution in [-0.4, -0.2) is 27.4 Å². The number of nitrogens with one attached hydrogen (secondary N) is 2. The van der Waals surface area contributed by atoms with Crippen molar-refractivity contribution in [3.63, 3.8) is 0 Å². The number of sulfonamides is 1. The first kappa shape index (κ1) is 19.1. The molecule has 3 rings (SSSR count). The van der Waals surface area contributed by atoms with Crippen molar-refractivity contribution in [1.82, 2.24) is 10.0 Å². The molecule has 1 amide bonds. The molecule has 7 heteroatoms. The summed E-state index contributed by atoms with van der Waals surface area (Å²) in [6, 6.07) is 8.66. The van der Waals surface area contributed by atoms with E-state index < -0.39 is 10.0 Å². The van der Waals surface area contributed by atoms with Crippen LogP contribution in [0.2, 0.25) is 0 Å². The lowest BCUT2D eigenvalue weighted by atomic mass is 9.90. The van der Waals surface area contributed by atoms with E-state index in [-0.39, 0.29) is 23.9 Å². The predicted octanol–water partition coefficient (Wildman–Crippen LogP) is 2.89. The molecule has 26 heavy (non-hydrogen) atoms. The molecule has 0 radical (unpaired) electrons. The summed E-state index contributed by atoms with van der Waals surface area (Å²) in [5.74, 6) is 0.538. The molecule has 1 aromatic heterocycles. The normalized spacial score (nSPS) is 16.9. The highest BCUT2D eigenvalue weighted by Gasteiger charge is 2.20. The molecule has 0 bridgehead atoms. The van der Waals surface area contributed by atoms with E-state index in [1.54, 1.807) is 35.6 Å². The fourth-order valence-electron chi connectivity index (χ4n) is 3.07. The lowest BCUT2D eigenvalue weighted by Gasteiger charge is -2.16. The molecule has 0 aliphatic heterocycles. The second-order valence-electron chi connectivity index (χ2n) is 6.87. The number of amides is 1. The van der Waals surface area contributed by atoms with Gasteiger partial charge in [0.1, 0.15) is 0 Å². The van der Waals surface area contributed by atoms with Crippen LogP contribution in [0.15, 0.2) is 35.2 Å². The Morgan fingerprint density at radius 2 is 1.96 bits per heavy atom. The van der Waals surface area contributed by atoms with Crippen LogP contribution < -0.4 is 10.0 Å². The lowest BCUT2D eigenvalue weighted by Crippen LogP contribution is -2.34. The lowest BCUT2D eigenvalue weighted by molar-refractivity contribution is 0.0958. The molecule has 1 unspecified atom stereocenters. The van der Waals surface area contributed by atoms with Crippen LogP contribution in [0, 0.1) is 12.8 Å². The number of aryl methyl sites for hydroxylation is 2. The number of fused-ring (bicyclic) bond motifs is 1. The topological polar surface area (TPSA) is 75.3 Å². The van der Waals surface area contributed by atoms with Gasteiger partial charge in [-0.2, -0.15) is 0 Å². The van der Waals surface area contributed by atoms with Gasteiger partial charge in [0.15, 0.2) is 0 Å². The van der Waals surface area contributed by atoms with Crippen LogP contribution in [0.4, 0.5) is 0 Å². The van der Waals surface area contributed by atoms with E-state index in [2.05, 4.69) is 17.0 Å². The predicted molar refractivity (Wildman–Crippen MR) is 104 cm³/mol. The number of rotatable bonds is 6. The first-order chi connectivity index (χ1) is 12.3. The molecule has 1 heterocycles. The number of carbonyl (C=O) groups is 1. The number of hydrogen-bond acceptors (Lipinski definition) is 4. The SMILES string of the molecule is Cc1ccc(S(=O)(=O)NCCNC(=O)c2cc3c(s2)CCC(C)C3)cc1. The summed E-state index contributed by atoms with van der Waals surface area (Å²) in [5, 5.41) is 2.80. The number of benzene rings is 1. The Balaban J connectivity index is 1.50. The van der Waals surface area contributed by atoms with E-state index >= 15 is 0 Å². The molecule has 5 nitrogen and oxygen atoms in total. The molecular formula is C19H24N2O3S2. The quantitative estimate of drug-likeness (QED) is 0.742. The molecule has 1 aliphatic rings. The highest BCUT2D eigenvalue weighted by Crippen LogP contribution is 2.32. The van der Waals surface area contributed by atoms with Crippen LogP contribution in [0.3, 0.4) is 0 Å².